The summed E-state index contributed by atoms with van der Waals surface area (Å²) in [7, 11) is 0. The average Bonchev–Trinajstić information content (AvgIpc) is 3.78. The maximum atomic E-state index is 5.22. The maximum absolute atomic E-state index is 5.22. The first-order valence-electron chi connectivity index (χ1n) is 16.5. The summed E-state index contributed by atoms with van der Waals surface area (Å²) in [5.74, 6) is 0.966. The van der Waals surface area contributed by atoms with E-state index in [0.717, 1.165) is 16.9 Å². The maximum Gasteiger partial charge on any atom is 0.145 e. The highest BCUT2D eigenvalue weighted by Crippen LogP contribution is 2.48. The fraction of sp³-hybridized carbons (Fsp3) is 0. The Hall–Kier alpha value is -6.45. The predicted molar refractivity (Wildman–Crippen MR) is 200 cm³/mol. The Balaban J connectivity index is 1.16. The van der Waals surface area contributed by atoms with Crippen molar-refractivity contribution in [2.45, 2.75) is 0 Å². The van der Waals surface area contributed by atoms with Gasteiger partial charge in [0.2, 0.25) is 0 Å². The Labute approximate surface area is 276 Å². The topological polar surface area (TPSA) is 22.8 Å². The lowest BCUT2D eigenvalue weighted by atomic mass is 10.0. The number of hydrogen-bond donors (Lipinski definition) is 0. The highest BCUT2D eigenvalue weighted by Gasteiger charge is 2.24. The quantitative estimate of drug-likeness (QED) is 0.195. The number of nitrogens with zero attached hydrogens (tertiary/aromatic N) is 3. The van der Waals surface area contributed by atoms with Crippen LogP contribution in [-0.4, -0.2) is 14.1 Å². The van der Waals surface area contributed by atoms with Gasteiger partial charge in [-0.05, 0) is 70.3 Å². The molecule has 0 fully saturated rings. The van der Waals surface area contributed by atoms with E-state index in [-0.39, 0.29) is 0 Å². The van der Waals surface area contributed by atoms with E-state index < -0.39 is 0 Å². The highest BCUT2D eigenvalue weighted by molar-refractivity contribution is 6.18. The summed E-state index contributed by atoms with van der Waals surface area (Å²) < 4.78 is 4.74. The Morgan fingerprint density at radius 2 is 0.938 bits per heavy atom. The molecule has 0 radical (unpaired) electrons. The molecule has 1 aliphatic rings. The zero-order chi connectivity index (χ0) is 31.3. The number of rotatable bonds is 3. The van der Waals surface area contributed by atoms with Gasteiger partial charge in [0.15, 0.2) is 0 Å². The molecule has 3 aromatic heterocycles. The van der Waals surface area contributed by atoms with E-state index in [4.69, 9.17) is 4.98 Å². The van der Waals surface area contributed by atoms with E-state index in [1.165, 1.54) is 82.4 Å². The lowest BCUT2D eigenvalue weighted by Gasteiger charge is -2.13. The molecule has 0 amide bonds. The van der Waals surface area contributed by atoms with Crippen LogP contribution in [-0.2, 0) is 0 Å². The SMILES string of the molecule is c1ccc(-n2c3ccccc3c3cc(-c4ccc5c6ccccc6n(-c6ncc7c8c(cccc68)-c6ccccc6-7)c5c4)ccc32)cc1. The Morgan fingerprint density at radius 1 is 0.354 bits per heavy atom. The molecule has 0 unspecified atom stereocenters. The van der Waals surface area contributed by atoms with Crippen molar-refractivity contribution in [3.63, 3.8) is 0 Å². The predicted octanol–water partition coefficient (Wildman–Crippen LogP) is 11.7. The lowest BCUT2D eigenvalue weighted by Crippen LogP contribution is -1.99. The van der Waals surface area contributed by atoms with Crippen molar-refractivity contribution in [3.05, 3.63) is 164 Å². The minimum absolute atomic E-state index is 0.966. The number of fused-ring (bicyclic) bond motifs is 9. The minimum atomic E-state index is 0.966. The van der Waals surface area contributed by atoms with Crippen LogP contribution < -0.4 is 0 Å². The van der Waals surface area contributed by atoms with Gasteiger partial charge in [-0.3, -0.25) is 4.57 Å². The summed E-state index contributed by atoms with van der Waals surface area (Å²) >= 11 is 0. The molecule has 3 heterocycles. The Morgan fingerprint density at radius 3 is 1.77 bits per heavy atom. The van der Waals surface area contributed by atoms with Gasteiger partial charge < -0.3 is 4.57 Å². The summed E-state index contributed by atoms with van der Waals surface area (Å²) in [4.78, 5) is 5.22. The first-order chi connectivity index (χ1) is 23.8. The Bertz CT molecular complexity index is 2910. The number of pyridine rings is 1. The second-order valence-corrected chi connectivity index (χ2v) is 12.8. The molecule has 7 aromatic carbocycles. The van der Waals surface area contributed by atoms with Gasteiger partial charge in [-0.2, -0.15) is 0 Å². The van der Waals surface area contributed by atoms with Crippen molar-refractivity contribution in [1.82, 2.24) is 14.1 Å². The third-order valence-electron chi connectivity index (χ3n) is 10.3. The highest BCUT2D eigenvalue weighted by atomic mass is 15.1. The standard InChI is InChI=1S/C45H27N3/c1-2-11-30(12-3-1)47-40-19-8-7-16-34(40)38-25-28(22-24-42(38)47)29-21-23-35-33-15-6-9-20-41(33)48(43(35)26-29)45-37-18-10-17-36-31-13-4-5-14-32(31)39(27-46-45)44(36)37/h1-27H. The Kier molecular flexibility index (Phi) is 5.11. The van der Waals surface area contributed by atoms with Crippen molar-refractivity contribution >= 4 is 54.4 Å². The van der Waals surface area contributed by atoms with E-state index >= 15 is 0 Å². The molecule has 222 valence electrons. The molecule has 0 saturated heterocycles. The first kappa shape index (κ1) is 25.7. The van der Waals surface area contributed by atoms with E-state index in [9.17, 15) is 0 Å². The van der Waals surface area contributed by atoms with Crippen LogP contribution in [0.1, 0.15) is 0 Å². The van der Waals surface area contributed by atoms with Gasteiger partial charge in [0.05, 0.1) is 22.1 Å². The van der Waals surface area contributed by atoms with Crippen molar-refractivity contribution in [3.8, 4) is 44.9 Å². The molecule has 0 bridgehead atoms. The molecule has 0 atom stereocenters. The molecular weight excluding hydrogens is 583 g/mol. The van der Waals surface area contributed by atoms with Gasteiger partial charge >= 0.3 is 0 Å². The molecule has 11 rings (SSSR count). The molecule has 0 aliphatic heterocycles. The van der Waals surface area contributed by atoms with Crippen LogP contribution in [0.15, 0.2) is 164 Å². The largest absolute Gasteiger partial charge is 0.309 e. The summed E-state index contributed by atoms with van der Waals surface area (Å²) in [6.45, 7) is 0. The van der Waals surface area contributed by atoms with E-state index in [1.54, 1.807) is 0 Å². The van der Waals surface area contributed by atoms with Crippen molar-refractivity contribution < 1.29 is 0 Å². The summed E-state index contributed by atoms with van der Waals surface area (Å²) in [6.07, 6.45) is 2.08. The molecule has 0 N–H and O–H groups in total. The van der Waals surface area contributed by atoms with Gasteiger partial charge in [-0.15, -0.1) is 0 Å². The van der Waals surface area contributed by atoms with Crippen LogP contribution >= 0.6 is 0 Å². The number of hydrogen-bond acceptors (Lipinski definition) is 1. The monoisotopic (exact) mass is 609 g/mol. The molecule has 1 aliphatic carbocycles. The molecule has 10 aromatic rings. The van der Waals surface area contributed by atoms with Crippen molar-refractivity contribution in [2.24, 2.45) is 0 Å². The minimum Gasteiger partial charge on any atom is -0.309 e. The molecule has 48 heavy (non-hydrogen) atoms. The van der Waals surface area contributed by atoms with Gasteiger partial charge in [0.1, 0.15) is 5.82 Å². The normalized spacial score (nSPS) is 12.2. The number of benzene rings is 7. The van der Waals surface area contributed by atoms with Crippen LogP contribution in [0.2, 0.25) is 0 Å². The lowest BCUT2D eigenvalue weighted by molar-refractivity contribution is 1.10. The van der Waals surface area contributed by atoms with Crippen LogP contribution in [0, 0.1) is 0 Å². The fourth-order valence-corrected chi connectivity index (χ4v) is 8.23. The van der Waals surface area contributed by atoms with Gasteiger partial charge in [-0.25, -0.2) is 4.98 Å². The third-order valence-corrected chi connectivity index (χ3v) is 10.3. The van der Waals surface area contributed by atoms with Gasteiger partial charge in [0, 0.05) is 49.8 Å². The second kappa shape index (κ2) is 9.54. The van der Waals surface area contributed by atoms with Crippen LogP contribution in [0.4, 0.5) is 0 Å². The average molecular weight is 610 g/mol. The number of para-hydroxylation sites is 3. The summed E-state index contributed by atoms with van der Waals surface area (Å²) in [6, 6.07) is 57.2. The fourth-order valence-electron chi connectivity index (χ4n) is 8.23. The zero-order valence-corrected chi connectivity index (χ0v) is 25.9. The molecule has 3 heteroatoms. The van der Waals surface area contributed by atoms with Crippen molar-refractivity contribution in [2.75, 3.05) is 0 Å². The molecule has 0 spiro atoms. The molecule has 3 nitrogen and oxygen atoms in total. The van der Waals surface area contributed by atoms with Gasteiger partial charge in [-0.1, -0.05) is 115 Å². The summed E-state index contributed by atoms with van der Waals surface area (Å²) in [5, 5.41) is 7.42. The molecule has 0 saturated carbocycles. The smallest absolute Gasteiger partial charge is 0.145 e. The first-order valence-corrected chi connectivity index (χ1v) is 16.5. The van der Waals surface area contributed by atoms with Crippen molar-refractivity contribution in [1.29, 1.82) is 0 Å². The zero-order valence-electron chi connectivity index (χ0n) is 25.9. The van der Waals surface area contributed by atoms with Crippen LogP contribution in [0.5, 0.6) is 0 Å². The van der Waals surface area contributed by atoms with Gasteiger partial charge in [0.25, 0.3) is 0 Å². The van der Waals surface area contributed by atoms with E-state index in [1.807, 2.05) is 0 Å². The van der Waals surface area contributed by atoms with E-state index in [0.29, 0.717) is 0 Å². The van der Waals surface area contributed by atoms with Crippen LogP contribution in [0.3, 0.4) is 0 Å². The number of aromatic nitrogens is 3. The second-order valence-electron chi connectivity index (χ2n) is 12.8. The van der Waals surface area contributed by atoms with Crippen LogP contribution in [0.25, 0.3) is 99.3 Å². The molecular formula is C45H27N3. The van der Waals surface area contributed by atoms with E-state index in [2.05, 4.69) is 173 Å². The third kappa shape index (κ3) is 3.40. The summed E-state index contributed by atoms with van der Waals surface area (Å²) in [5.41, 5.74) is 13.3.